The second-order valence-corrected chi connectivity index (χ2v) is 8.43. The van der Waals surface area contributed by atoms with E-state index >= 15 is 0 Å². The van der Waals surface area contributed by atoms with Crippen LogP contribution >= 0.6 is 0 Å². The van der Waals surface area contributed by atoms with Gasteiger partial charge in [-0.3, -0.25) is 9.59 Å². The van der Waals surface area contributed by atoms with E-state index in [-0.39, 0.29) is 23.4 Å². The maximum atomic E-state index is 12.6. The number of morpholine rings is 1. The third kappa shape index (κ3) is 5.23. The van der Waals surface area contributed by atoms with Crippen molar-refractivity contribution in [2.75, 3.05) is 31.6 Å². The van der Waals surface area contributed by atoms with Crippen molar-refractivity contribution in [1.29, 1.82) is 0 Å². The summed E-state index contributed by atoms with van der Waals surface area (Å²) in [5.74, 6) is 0.670. The molecular formula is C23H30N6O3. The van der Waals surface area contributed by atoms with Crippen molar-refractivity contribution in [2.24, 2.45) is 11.5 Å². The molecule has 2 aliphatic rings. The van der Waals surface area contributed by atoms with Gasteiger partial charge in [0.1, 0.15) is 17.2 Å². The van der Waals surface area contributed by atoms with E-state index < -0.39 is 5.91 Å². The third-order valence-corrected chi connectivity index (χ3v) is 6.14. The monoisotopic (exact) mass is 438 g/mol. The lowest BCUT2D eigenvalue weighted by Crippen LogP contribution is -2.40. The third-order valence-electron chi connectivity index (χ3n) is 6.14. The van der Waals surface area contributed by atoms with Crippen LogP contribution in [-0.2, 0) is 4.74 Å². The fourth-order valence-electron chi connectivity index (χ4n) is 4.24. The molecule has 2 unspecified atom stereocenters. The van der Waals surface area contributed by atoms with Gasteiger partial charge in [0.05, 0.1) is 13.2 Å². The standard InChI is InChI=1S/C23H30N6O3/c24-17-3-1-2-15(4-7-17)21-26-14-19(20(25)30)22(28-21)27-18-8-5-16(6-9-18)23(31)29-10-12-32-13-11-29/h5-6,8-9,14-15,17H,1-4,7,10-13,24H2,(H2,25,30)(H,26,27,28). The summed E-state index contributed by atoms with van der Waals surface area (Å²) in [5.41, 5.74) is 13.2. The molecule has 9 nitrogen and oxygen atoms in total. The predicted octanol–water partition coefficient (Wildman–Crippen LogP) is 2.17. The largest absolute Gasteiger partial charge is 0.378 e. The number of anilines is 2. The lowest BCUT2D eigenvalue weighted by molar-refractivity contribution is 0.0303. The first-order chi connectivity index (χ1) is 15.5. The SMILES string of the molecule is NC(=O)c1cnc(C2CCCC(N)CC2)nc1Nc1ccc(C(=O)N2CCOCC2)cc1. The van der Waals surface area contributed by atoms with E-state index in [2.05, 4.69) is 15.3 Å². The van der Waals surface area contributed by atoms with Crippen molar-refractivity contribution in [2.45, 2.75) is 44.1 Å². The fourth-order valence-corrected chi connectivity index (χ4v) is 4.24. The number of carbonyl (C=O) groups is 2. The summed E-state index contributed by atoms with van der Waals surface area (Å²) >= 11 is 0. The van der Waals surface area contributed by atoms with Crippen LogP contribution in [0.15, 0.2) is 30.5 Å². The summed E-state index contributed by atoms with van der Waals surface area (Å²) in [4.78, 5) is 35.5. The van der Waals surface area contributed by atoms with Gasteiger partial charge in [-0.05, 0) is 49.9 Å². The highest BCUT2D eigenvalue weighted by Gasteiger charge is 2.23. The number of nitrogens with one attached hydrogen (secondary N) is 1. The molecule has 32 heavy (non-hydrogen) atoms. The van der Waals surface area contributed by atoms with Crippen molar-refractivity contribution in [3.8, 4) is 0 Å². The molecule has 2 aromatic rings. The second kappa shape index (κ2) is 10.1. The Morgan fingerprint density at radius 2 is 1.81 bits per heavy atom. The van der Waals surface area contributed by atoms with Crippen LogP contribution in [0.1, 0.15) is 64.6 Å². The van der Waals surface area contributed by atoms with Crippen molar-refractivity contribution < 1.29 is 14.3 Å². The van der Waals surface area contributed by atoms with E-state index in [4.69, 9.17) is 16.2 Å². The van der Waals surface area contributed by atoms with Crippen molar-refractivity contribution in [1.82, 2.24) is 14.9 Å². The van der Waals surface area contributed by atoms with Gasteiger partial charge < -0.3 is 26.4 Å². The number of hydrogen-bond acceptors (Lipinski definition) is 7. The van der Waals surface area contributed by atoms with Gasteiger partial charge in [-0.25, -0.2) is 9.97 Å². The molecule has 5 N–H and O–H groups in total. The molecule has 1 saturated carbocycles. The van der Waals surface area contributed by atoms with E-state index in [1.54, 1.807) is 29.2 Å². The number of nitrogens with two attached hydrogens (primary N) is 2. The van der Waals surface area contributed by atoms with Gasteiger partial charge in [-0.2, -0.15) is 0 Å². The summed E-state index contributed by atoms with van der Waals surface area (Å²) < 4.78 is 5.31. The van der Waals surface area contributed by atoms with Crippen molar-refractivity contribution >= 4 is 23.3 Å². The summed E-state index contributed by atoms with van der Waals surface area (Å²) in [6, 6.07) is 7.34. The van der Waals surface area contributed by atoms with Crippen LogP contribution in [0.2, 0.25) is 0 Å². The van der Waals surface area contributed by atoms with Crippen LogP contribution in [0.25, 0.3) is 0 Å². The topological polar surface area (TPSA) is 136 Å². The van der Waals surface area contributed by atoms with E-state index in [0.717, 1.165) is 32.1 Å². The molecule has 2 fully saturated rings. The minimum atomic E-state index is -0.596. The molecular weight excluding hydrogens is 408 g/mol. The van der Waals surface area contributed by atoms with Gasteiger partial charge in [0.15, 0.2) is 0 Å². The Labute approximate surface area is 187 Å². The number of amides is 2. The van der Waals surface area contributed by atoms with Crippen LogP contribution in [0.3, 0.4) is 0 Å². The summed E-state index contributed by atoms with van der Waals surface area (Å²) in [6.45, 7) is 2.31. The predicted molar refractivity (Wildman–Crippen MR) is 121 cm³/mol. The Bertz CT molecular complexity index is 959. The number of rotatable bonds is 5. The second-order valence-electron chi connectivity index (χ2n) is 8.43. The summed E-state index contributed by atoms with van der Waals surface area (Å²) in [7, 11) is 0. The Balaban J connectivity index is 1.52. The number of ether oxygens (including phenoxy) is 1. The minimum absolute atomic E-state index is 0.0198. The number of aromatic nitrogens is 2. The molecule has 4 rings (SSSR count). The fraction of sp³-hybridized carbons (Fsp3) is 0.478. The highest BCUT2D eigenvalue weighted by atomic mass is 16.5. The summed E-state index contributed by atoms with van der Waals surface area (Å²) in [5, 5.41) is 3.18. The first kappa shape index (κ1) is 22.2. The highest BCUT2D eigenvalue weighted by molar-refractivity contribution is 5.98. The average Bonchev–Trinajstić information content (AvgIpc) is 3.04. The lowest BCUT2D eigenvalue weighted by Gasteiger charge is -2.26. The van der Waals surface area contributed by atoms with E-state index in [1.807, 2.05) is 0 Å². The molecule has 1 saturated heterocycles. The zero-order valence-corrected chi connectivity index (χ0v) is 18.1. The van der Waals surface area contributed by atoms with E-state index in [0.29, 0.717) is 49.2 Å². The van der Waals surface area contributed by atoms with Crippen molar-refractivity contribution in [3.05, 3.63) is 47.4 Å². The molecule has 1 aromatic carbocycles. The molecule has 1 aliphatic heterocycles. The molecule has 0 bridgehead atoms. The maximum Gasteiger partial charge on any atom is 0.254 e. The van der Waals surface area contributed by atoms with Crippen LogP contribution in [-0.4, -0.2) is 59.0 Å². The number of nitrogens with zero attached hydrogens (tertiary/aromatic N) is 3. The van der Waals surface area contributed by atoms with Crippen LogP contribution in [0.4, 0.5) is 11.5 Å². The van der Waals surface area contributed by atoms with Crippen molar-refractivity contribution in [3.63, 3.8) is 0 Å². The molecule has 0 radical (unpaired) electrons. The number of benzene rings is 1. The normalized spacial score (nSPS) is 21.6. The van der Waals surface area contributed by atoms with E-state index in [9.17, 15) is 9.59 Å². The Hall–Kier alpha value is -3.04. The first-order valence-corrected chi connectivity index (χ1v) is 11.2. The lowest BCUT2D eigenvalue weighted by atomic mass is 9.99. The van der Waals surface area contributed by atoms with Crippen LogP contribution in [0, 0.1) is 0 Å². The summed E-state index contributed by atoms with van der Waals surface area (Å²) in [6.07, 6.45) is 6.38. The van der Waals surface area contributed by atoms with Gasteiger partial charge in [0.25, 0.3) is 11.8 Å². The maximum absolute atomic E-state index is 12.6. The quantitative estimate of drug-likeness (QED) is 0.609. The van der Waals surface area contributed by atoms with Crippen LogP contribution < -0.4 is 16.8 Å². The van der Waals surface area contributed by atoms with Crippen LogP contribution in [0.5, 0.6) is 0 Å². The molecule has 9 heteroatoms. The Morgan fingerprint density at radius 3 is 2.53 bits per heavy atom. The number of carbonyl (C=O) groups excluding carboxylic acids is 2. The average molecular weight is 439 g/mol. The Kier molecular flexibility index (Phi) is 6.96. The molecule has 1 aliphatic carbocycles. The molecule has 0 spiro atoms. The minimum Gasteiger partial charge on any atom is -0.378 e. The zero-order valence-electron chi connectivity index (χ0n) is 18.1. The molecule has 1 aromatic heterocycles. The first-order valence-electron chi connectivity index (χ1n) is 11.2. The number of primary amides is 1. The van der Waals surface area contributed by atoms with Gasteiger partial charge in [-0.15, -0.1) is 0 Å². The molecule has 2 amide bonds. The van der Waals surface area contributed by atoms with Gasteiger partial charge in [-0.1, -0.05) is 6.42 Å². The van der Waals surface area contributed by atoms with Gasteiger partial charge in [0.2, 0.25) is 0 Å². The molecule has 2 heterocycles. The smallest absolute Gasteiger partial charge is 0.254 e. The van der Waals surface area contributed by atoms with Gasteiger partial charge in [0, 0.05) is 42.5 Å². The molecule has 2 atom stereocenters. The zero-order chi connectivity index (χ0) is 22.5. The highest BCUT2D eigenvalue weighted by Crippen LogP contribution is 2.31. The molecule has 170 valence electrons. The van der Waals surface area contributed by atoms with Gasteiger partial charge >= 0.3 is 0 Å². The Morgan fingerprint density at radius 1 is 1.06 bits per heavy atom. The number of hydrogen-bond donors (Lipinski definition) is 3. The van der Waals surface area contributed by atoms with E-state index in [1.165, 1.54) is 6.20 Å².